The van der Waals surface area contributed by atoms with Crippen molar-refractivity contribution in [2.75, 3.05) is 19.0 Å². The fourth-order valence-electron chi connectivity index (χ4n) is 2.02. The Hall–Kier alpha value is -3.30. The quantitative estimate of drug-likeness (QED) is 0.604. The van der Waals surface area contributed by atoms with Crippen LogP contribution in [0, 0.1) is 11.3 Å². The van der Waals surface area contributed by atoms with Crippen molar-refractivity contribution in [1.82, 2.24) is 5.32 Å². The van der Waals surface area contributed by atoms with Gasteiger partial charge in [-0.1, -0.05) is 29.8 Å². The number of ether oxygens (including phenoxy) is 1. The number of amides is 2. The number of nitrogens with one attached hydrogen (secondary N) is 2. The van der Waals surface area contributed by atoms with Crippen molar-refractivity contribution in [2.24, 2.45) is 0 Å². The van der Waals surface area contributed by atoms with Gasteiger partial charge in [0.2, 0.25) is 0 Å². The first-order chi connectivity index (χ1) is 12.5. The fourth-order valence-corrected chi connectivity index (χ4v) is 2.21. The zero-order valence-corrected chi connectivity index (χ0v) is 14.7. The predicted octanol–water partition coefficient (Wildman–Crippen LogP) is 3.01. The molecule has 2 aromatic carbocycles. The third-order valence-electron chi connectivity index (χ3n) is 3.26. The van der Waals surface area contributed by atoms with Crippen LogP contribution in [0.4, 0.5) is 5.69 Å². The molecule has 2 amide bonds. The Morgan fingerprint density at radius 3 is 2.58 bits per heavy atom. The number of hydrogen-bond acceptors (Lipinski definition) is 4. The smallest absolute Gasteiger partial charge is 0.262 e. The molecule has 2 rings (SSSR count). The zero-order chi connectivity index (χ0) is 18.9. The molecule has 0 heterocycles. The molecule has 0 aromatic heterocycles. The highest BCUT2D eigenvalue weighted by Crippen LogP contribution is 2.16. The van der Waals surface area contributed by atoms with Gasteiger partial charge in [-0.25, -0.2) is 0 Å². The van der Waals surface area contributed by atoms with Crippen molar-refractivity contribution in [1.29, 1.82) is 5.26 Å². The van der Waals surface area contributed by atoms with Gasteiger partial charge in [-0.3, -0.25) is 9.59 Å². The second-order valence-corrected chi connectivity index (χ2v) is 5.60. The summed E-state index contributed by atoms with van der Waals surface area (Å²) in [7, 11) is 1.46. The molecule has 7 heteroatoms. The molecule has 0 saturated carbocycles. The lowest BCUT2D eigenvalue weighted by Crippen LogP contribution is -2.20. The van der Waals surface area contributed by atoms with Gasteiger partial charge in [0.05, 0.1) is 0 Å². The Bertz CT molecular complexity index is 870. The summed E-state index contributed by atoms with van der Waals surface area (Å²) in [6.07, 6.45) is 1.47. The summed E-state index contributed by atoms with van der Waals surface area (Å²) in [6, 6.07) is 15.3. The number of hydrogen-bond donors (Lipinski definition) is 2. The van der Waals surface area contributed by atoms with E-state index >= 15 is 0 Å². The van der Waals surface area contributed by atoms with E-state index in [-0.39, 0.29) is 18.1 Å². The van der Waals surface area contributed by atoms with Crippen LogP contribution in [0.15, 0.2) is 54.1 Å². The minimum atomic E-state index is -0.453. The van der Waals surface area contributed by atoms with E-state index in [2.05, 4.69) is 10.6 Å². The fraction of sp³-hybridized carbons (Fsp3) is 0.105. The minimum absolute atomic E-state index is 0.00191. The van der Waals surface area contributed by atoms with Crippen LogP contribution < -0.4 is 15.4 Å². The average Bonchev–Trinajstić information content (AvgIpc) is 2.64. The number of nitrogens with zero attached hydrogens (tertiary/aromatic N) is 1. The molecule has 0 aliphatic rings. The highest BCUT2D eigenvalue weighted by molar-refractivity contribution is 6.30. The summed E-state index contributed by atoms with van der Waals surface area (Å²) in [6.45, 7) is -0.163. The molecule has 26 heavy (non-hydrogen) atoms. The van der Waals surface area contributed by atoms with Crippen molar-refractivity contribution in [3.63, 3.8) is 0 Å². The van der Waals surface area contributed by atoms with Crippen LogP contribution in [0.1, 0.15) is 5.56 Å². The number of carbonyl (C=O) groups excluding carboxylic acids is 2. The Morgan fingerprint density at radius 1 is 1.23 bits per heavy atom. The monoisotopic (exact) mass is 369 g/mol. The topological polar surface area (TPSA) is 91.2 Å². The van der Waals surface area contributed by atoms with Crippen LogP contribution in [-0.2, 0) is 9.59 Å². The van der Waals surface area contributed by atoms with Crippen molar-refractivity contribution in [3.8, 4) is 11.8 Å². The van der Waals surface area contributed by atoms with Gasteiger partial charge in [0.25, 0.3) is 11.8 Å². The van der Waals surface area contributed by atoms with Crippen LogP contribution in [0.25, 0.3) is 6.08 Å². The molecule has 2 N–H and O–H groups in total. The number of nitriles is 1. The van der Waals surface area contributed by atoms with E-state index in [0.717, 1.165) is 0 Å². The molecule has 0 aliphatic heterocycles. The molecule has 132 valence electrons. The molecule has 2 aromatic rings. The largest absolute Gasteiger partial charge is 0.484 e. The van der Waals surface area contributed by atoms with E-state index in [1.807, 2.05) is 6.07 Å². The first-order valence-electron chi connectivity index (χ1n) is 7.64. The van der Waals surface area contributed by atoms with Gasteiger partial charge in [-0.05, 0) is 42.0 Å². The number of likely N-dealkylation sites (N-methyl/N-ethyl adjacent to an activating group) is 1. The summed E-state index contributed by atoms with van der Waals surface area (Å²) < 4.78 is 5.42. The lowest BCUT2D eigenvalue weighted by atomic mass is 10.1. The third kappa shape index (κ3) is 5.65. The van der Waals surface area contributed by atoms with E-state index in [9.17, 15) is 9.59 Å². The summed E-state index contributed by atoms with van der Waals surface area (Å²) in [4.78, 5) is 23.4. The summed E-state index contributed by atoms with van der Waals surface area (Å²) in [5.74, 6) is -0.282. The summed E-state index contributed by atoms with van der Waals surface area (Å²) >= 11 is 5.86. The predicted molar refractivity (Wildman–Crippen MR) is 99.7 cm³/mol. The number of carbonyl (C=O) groups is 2. The molecular formula is C19H16ClN3O3. The second-order valence-electron chi connectivity index (χ2n) is 5.17. The van der Waals surface area contributed by atoms with E-state index in [0.29, 0.717) is 22.0 Å². The van der Waals surface area contributed by atoms with E-state index in [4.69, 9.17) is 21.6 Å². The first kappa shape index (κ1) is 19.0. The Kier molecular flexibility index (Phi) is 6.77. The molecule has 0 radical (unpaired) electrons. The maximum Gasteiger partial charge on any atom is 0.262 e. The molecule has 0 unspecified atom stereocenters. The SMILES string of the molecule is CNC(=O)/C(C#N)=C/c1ccc(OCC(=O)Nc2cccc(Cl)c2)cc1. The van der Waals surface area contributed by atoms with Crippen molar-refractivity contribution >= 4 is 35.2 Å². The molecule has 0 atom stereocenters. The highest BCUT2D eigenvalue weighted by Gasteiger charge is 2.07. The average molecular weight is 370 g/mol. The van der Waals surface area contributed by atoms with Gasteiger partial charge >= 0.3 is 0 Å². The Morgan fingerprint density at radius 2 is 1.96 bits per heavy atom. The van der Waals surface area contributed by atoms with Crippen molar-refractivity contribution < 1.29 is 14.3 Å². The lowest BCUT2D eigenvalue weighted by Gasteiger charge is -2.08. The van der Waals surface area contributed by atoms with Crippen LogP contribution in [0.2, 0.25) is 5.02 Å². The van der Waals surface area contributed by atoms with E-state index in [1.165, 1.54) is 13.1 Å². The van der Waals surface area contributed by atoms with Gasteiger partial charge in [0, 0.05) is 17.8 Å². The third-order valence-corrected chi connectivity index (χ3v) is 3.50. The maximum absolute atomic E-state index is 11.9. The van der Waals surface area contributed by atoms with Crippen LogP contribution in [0.3, 0.4) is 0 Å². The molecular weight excluding hydrogens is 354 g/mol. The molecule has 0 bridgehead atoms. The normalized spacial score (nSPS) is 10.6. The van der Waals surface area contributed by atoms with Crippen LogP contribution >= 0.6 is 11.6 Å². The lowest BCUT2D eigenvalue weighted by molar-refractivity contribution is -0.118. The minimum Gasteiger partial charge on any atom is -0.484 e. The van der Waals surface area contributed by atoms with Gasteiger partial charge in [0.1, 0.15) is 17.4 Å². The maximum atomic E-state index is 11.9. The molecule has 0 aliphatic carbocycles. The summed E-state index contributed by atoms with van der Waals surface area (Å²) in [5.41, 5.74) is 1.26. The number of anilines is 1. The second kappa shape index (κ2) is 9.25. The Balaban J connectivity index is 1.93. The van der Waals surface area contributed by atoms with Crippen LogP contribution in [0.5, 0.6) is 5.75 Å². The molecule has 0 spiro atoms. The number of halogens is 1. The molecule has 6 nitrogen and oxygen atoms in total. The number of rotatable bonds is 6. The Labute approximate surface area is 156 Å². The molecule has 0 saturated heterocycles. The highest BCUT2D eigenvalue weighted by atomic mass is 35.5. The standard InChI is InChI=1S/C19H16ClN3O3/c1-22-19(25)14(11-21)9-13-5-7-17(8-6-13)26-12-18(24)23-16-4-2-3-15(20)10-16/h2-10H,12H2,1H3,(H,22,25)(H,23,24)/b14-9+. The van der Waals surface area contributed by atoms with Crippen molar-refractivity contribution in [2.45, 2.75) is 0 Å². The van der Waals surface area contributed by atoms with Gasteiger partial charge in [-0.15, -0.1) is 0 Å². The van der Waals surface area contributed by atoms with E-state index in [1.54, 1.807) is 48.5 Å². The van der Waals surface area contributed by atoms with Gasteiger partial charge in [0.15, 0.2) is 6.61 Å². The summed E-state index contributed by atoms with van der Waals surface area (Å²) in [5, 5.41) is 14.6. The molecule has 0 fully saturated rings. The van der Waals surface area contributed by atoms with E-state index < -0.39 is 5.91 Å². The number of benzene rings is 2. The zero-order valence-electron chi connectivity index (χ0n) is 14.0. The first-order valence-corrected chi connectivity index (χ1v) is 8.02. The van der Waals surface area contributed by atoms with Gasteiger partial charge < -0.3 is 15.4 Å². The van der Waals surface area contributed by atoms with Gasteiger partial charge in [-0.2, -0.15) is 5.26 Å². The van der Waals surface area contributed by atoms with Crippen molar-refractivity contribution in [3.05, 3.63) is 64.7 Å². The van der Waals surface area contributed by atoms with Crippen LogP contribution in [-0.4, -0.2) is 25.5 Å².